The molecule has 20 heavy (non-hydrogen) atoms. The molecule has 2 unspecified atom stereocenters. The number of Topliss-reactive ketones (excluding diaryl/α,β-unsaturated/α-hetero) is 1. The third kappa shape index (κ3) is 3.10. The van der Waals surface area contributed by atoms with Gasteiger partial charge in [0.1, 0.15) is 11.2 Å². The molecule has 1 aliphatic heterocycles. The van der Waals surface area contributed by atoms with Crippen LogP contribution in [-0.4, -0.2) is 25.2 Å². The van der Waals surface area contributed by atoms with Crippen molar-refractivity contribution in [1.29, 1.82) is 5.26 Å². The molecule has 4 nitrogen and oxygen atoms in total. The molecule has 1 heterocycles. The van der Waals surface area contributed by atoms with Crippen LogP contribution >= 0.6 is 15.9 Å². The summed E-state index contributed by atoms with van der Waals surface area (Å²) >= 11 is 3.28. The van der Waals surface area contributed by atoms with E-state index in [-0.39, 0.29) is 5.75 Å². The number of benzene rings is 1. The summed E-state index contributed by atoms with van der Waals surface area (Å²) in [6.45, 7) is 0. The van der Waals surface area contributed by atoms with Crippen LogP contribution in [0.15, 0.2) is 28.7 Å². The molecular weight excluding hydrogens is 342 g/mol. The van der Waals surface area contributed by atoms with Crippen molar-refractivity contribution < 1.29 is 13.2 Å². The van der Waals surface area contributed by atoms with Crippen molar-refractivity contribution in [3.05, 3.63) is 34.3 Å². The standard InChI is InChI=1S/C14H14BrNO3S/c15-11-6-4-10(5-7-11)12(9-16)14(17)13-3-1-2-8-20(13,18)19/h4-7,12-13H,1-3,8H2. The molecule has 1 aliphatic rings. The highest BCUT2D eigenvalue weighted by molar-refractivity contribution is 9.10. The van der Waals surface area contributed by atoms with Gasteiger partial charge in [-0.15, -0.1) is 0 Å². The van der Waals surface area contributed by atoms with Gasteiger partial charge in [-0.2, -0.15) is 5.26 Å². The Labute approximate surface area is 126 Å². The minimum absolute atomic E-state index is 0.0435. The fraction of sp³-hybridized carbons (Fsp3) is 0.429. The number of sulfone groups is 1. The number of carbonyl (C=O) groups excluding carboxylic acids is 1. The molecule has 1 saturated heterocycles. The van der Waals surface area contributed by atoms with E-state index in [0.717, 1.165) is 4.47 Å². The zero-order chi connectivity index (χ0) is 14.8. The van der Waals surface area contributed by atoms with E-state index in [1.807, 2.05) is 6.07 Å². The molecule has 1 fully saturated rings. The predicted octanol–water partition coefficient (Wildman–Crippen LogP) is 2.59. The monoisotopic (exact) mass is 355 g/mol. The van der Waals surface area contributed by atoms with Gasteiger partial charge in [0.25, 0.3) is 0 Å². The molecule has 0 radical (unpaired) electrons. The number of hydrogen-bond donors (Lipinski definition) is 0. The van der Waals surface area contributed by atoms with E-state index >= 15 is 0 Å². The number of ketones is 1. The zero-order valence-electron chi connectivity index (χ0n) is 10.8. The highest BCUT2D eigenvalue weighted by atomic mass is 79.9. The minimum atomic E-state index is -3.40. The van der Waals surface area contributed by atoms with Crippen molar-refractivity contribution in [1.82, 2.24) is 0 Å². The molecule has 0 N–H and O–H groups in total. The summed E-state index contributed by atoms with van der Waals surface area (Å²) in [6, 6.07) is 8.76. The molecule has 2 atom stereocenters. The van der Waals surface area contributed by atoms with Gasteiger partial charge in [-0.1, -0.05) is 34.5 Å². The van der Waals surface area contributed by atoms with Crippen LogP contribution in [0.5, 0.6) is 0 Å². The average Bonchev–Trinajstić information content (AvgIpc) is 2.41. The molecular formula is C14H14BrNO3S. The largest absolute Gasteiger partial charge is 0.296 e. The summed E-state index contributed by atoms with van der Waals surface area (Å²) < 4.78 is 24.8. The third-order valence-electron chi connectivity index (χ3n) is 3.51. The van der Waals surface area contributed by atoms with Gasteiger partial charge >= 0.3 is 0 Å². The Morgan fingerprint density at radius 2 is 1.95 bits per heavy atom. The summed E-state index contributed by atoms with van der Waals surface area (Å²) in [5.74, 6) is -1.46. The first-order valence-corrected chi connectivity index (χ1v) is 8.87. The number of nitrogens with zero attached hydrogens (tertiary/aromatic N) is 1. The van der Waals surface area contributed by atoms with Gasteiger partial charge in [0.05, 0.1) is 11.8 Å². The van der Waals surface area contributed by atoms with Crippen LogP contribution in [0.1, 0.15) is 30.7 Å². The normalized spacial score (nSPS) is 22.7. The molecule has 0 aliphatic carbocycles. The summed E-state index contributed by atoms with van der Waals surface area (Å²) in [5, 5.41) is 8.22. The molecule has 0 amide bonds. The molecule has 1 aromatic carbocycles. The lowest BCUT2D eigenvalue weighted by atomic mass is 9.92. The van der Waals surface area contributed by atoms with Crippen LogP contribution in [0.3, 0.4) is 0 Å². The first-order chi connectivity index (χ1) is 9.45. The van der Waals surface area contributed by atoms with Crippen LogP contribution in [0.2, 0.25) is 0 Å². The van der Waals surface area contributed by atoms with Crippen LogP contribution in [-0.2, 0) is 14.6 Å². The second-order valence-electron chi connectivity index (χ2n) is 4.87. The van der Waals surface area contributed by atoms with E-state index < -0.39 is 26.8 Å². The lowest BCUT2D eigenvalue weighted by Crippen LogP contribution is -2.38. The minimum Gasteiger partial charge on any atom is -0.296 e. The lowest BCUT2D eigenvalue weighted by molar-refractivity contribution is -0.119. The molecule has 6 heteroatoms. The van der Waals surface area contributed by atoms with Gasteiger partial charge in [0.15, 0.2) is 15.6 Å². The highest BCUT2D eigenvalue weighted by Gasteiger charge is 2.38. The van der Waals surface area contributed by atoms with Crippen molar-refractivity contribution in [2.24, 2.45) is 0 Å². The van der Waals surface area contributed by atoms with Gasteiger partial charge in [-0.25, -0.2) is 8.42 Å². The molecule has 106 valence electrons. The maximum Gasteiger partial charge on any atom is 0.172 e. The molecule has 2 rings (SSSR count). The van der Waals surface area contributed by atoms with E-state index in [0.29, 0.717) is 24.8 Å². The predicted molar refractivity (Wildman–Crippen MR) is 78.9 cm³/mol. The van der Waals surface area contributed by atoms with Gasteiger partial charge in [-0.05, 0) is 30.5 Å². The fourth-order valence-electron chi connectivity index (χ4n) is 2.42. The van der Waals surface area contributed by atoms with Crippen LogP contribution in [0.4, 0.5) is 0 Å². The number of hydrogen-bond acceptors (Lipinski definition) is 4. The van der Waals surface area contributed by atoms with Gasteiger partial charge in [-0.3, -0.25) is 4.79 Å². The van der Waals surface area contributed by atoms with Crippen molar-refractivity contribution >= 4 is 31.6 Å². The van der Waals surface area contributed by atoms with Crippen molar-refractivity contribution in [2.45, 2.75) is 30.4 Å². The van der Waals surface area contributed by atoms with E-state index in [9.17, 15) is 18.5 Å². The number of rotatable bonds is 3. The molecule has 0 bridgehead atoms. The Bertz CT molecular complexity index is 646. The van der Waals surface area contributed by atoms with E-state index in [2.05, 4.69) is 15.9 Å². The zero-order valence-corrected chi connectivity index (χ0v) is 13.2. The summed E-state index contributed by atoms with van der Waals surface area (Å²) in [5.41, 5.74) is 0.543. The first kappa shape index (κ1) is 15.2. The van der Waals surface area contributed by atoms with Crippen molar-refractivity contribution in [3.63, 3.8) is 0 Å². The number of nitriles is 1. The average molecular weight is 356 g/mol. The Hall–Kier alpha value is -1.19. The van der Waals surface area contributed by atoms with Crippen LogP contribution in [0.25, 0.3) is 0 Å². The third-order valence-corrected chi connectivity index (χ3v) is 6.23. The smallest absolute Gasteiger partial charge is 0.172 e. The van der Waals surface area contributed by atoms with E-state index in [4.69, 9.17) is 0 Å². The summed E-state index contributed by atoms with van der Waals surface area (Å²) in [7, 11) is -3.40. The Morgan fingerprint density at radius 1 is 1.30 bits per heavy atom. The Balaban J connectivity index is 2.30. The second kappa shape index (κ2) is 6.06. The summed E-state index contributed by atoms with van der Waals surface area (Å²) in [4.78, 5) is 12.4. The number of halogens is 1. The van der Waals surface area contributed by atoms with Crippen molar-refractivity contribution in [2.75, 3.05) is 5.75 Å². The molecule has 0 aromatic heterocycles. The van der Waals surface area contributed by atoms with Crippen LogP contribution < -0.4 is 0 Å². The highest BCUT2D eigenvalue weighted by Crippen LogP contribution is 2.27. The topological polar surface area (TPSA) is 75.0 Å². The first-order valence-electron chi connectivity index (χ1n) is 6.36. The number of carbonyl (C=O) groups is 1. The van der Waals surface area contributed by atoms with Gasteiger partial charge in [0.2, 0.25) is 0 Å². The molecule has 0 spiro atoms. The summed E-state index contributed by atoms with van der Waals surface area (Å²) in [6.07, 6.45) is 1.64. The Morgan fingerprint density at radius 3 is 2.50 bits per heavy atom. The quantitative estimate of drug-likeness (QED) is 0.834. The van der Waals surface area contributed by atoms with E-state index in [1.165, 1.54) is 0 Å². The molecule has 0 saturated carbocycles. The van der Waals surface area contributed by atoms with Gasteiger partial charge in [0, 0.05) is 4.47 Å². The van der Waals surface area contributed by atoms with E-state index in [1.54, 1.807) is 24.3 Å². The Kier molecular flexibility index (Phi) is 4.61. The fourth-order valence-corrected chi connectivity index (χ4v) is 4.59. The lowest BCUT2D eigenvalue weighted by Gasteiger charge is -2.23. The maximum atomic E-state index is 12.4. The van der Waals surface area contributed by atoms with Gasteiger partial charge < -0.3 is 0 Å². The second-order valence-corrected chi connectivity index (χ2v) is 8.09. The SMILES string of the molecule is N#CC(C(=O)C1CCCCS1(=O)=O)c1ccc(Br)cc1. The molecule has 1 aromatic rings. The van der Waals surface area contributed by atoms with Crippen LogP contribution in [0, 0.1) is 11.3 Å². The van der Waals surface area contributed by atoms with Crippen molar-refractivity contribution in [3.8, 4) is 6.07 Å². The maximum absolute atomic E-state index is 12.4.